The van der Waals surface area contributed by atoms with Crippen LogP contribution in [0.5, 0.6) is 0 Å². The molecule has 0 aromatic heterocycles. The molecular formula is C25H17F2N3O2S. The fourth-order valence-electron chi connectivity index (χ4n) is 3.37. The Bertz CT molecular complexity index is 1250. The van der Waals surface area contributed by atoms with E-state index in [4.69, 9.17) is 0 Å². The van der Waals surface area contributed by atoms with E-state index in [0.717, 1.165) is 17.3 Å². The fourth-order valence-corrected chi connectivity index (χ4v) is 4.68. The minimum atomic E-state index is -0.730. The molecule has 164 valence electrons. The van der Waals surface area contributed by atoms with Gasteiger partial charge in [-0.15, -0.1) is 0 Å². The summed E-state index contributed by atoms with van der Waals surface area (Å²) in [4.78, 5) is 27.5. The SMILES string of the molecule is N#C/C(C(=O)Nc1ccc(F)cc1)=C1\SC(Cc2ccccc2)C(=O)N1c1ccc(F)cc1. The molecule has 3 aromatic rings. The monoisotopic (exact) mass is 461 g/mol. The molecule has 1 saturated heterocycles. The van der Waals surface area contributed by atoms with Crippen LogP contribution in [-0.2, 0) is 16.0 Å². The minimum absolute atomic E-state index is 0.162. The number of carbonyl (C=O) groups is 2. The van der Waals surface area contributed by atoms with Gasteiger partial charge >= 0.3 is 0 Å². The van der Waals surface area contributed by atoms with Crippen LogP contribution in [0, 0.1) is 23.0 Å². The summed E-state index contributed by atoms with van der Waals surface area (Å²) >= 11 is 1.11. The molecule has 4 rings (SSSR count). The van der Waals surface area contributed by atoms with Gasteiger partial charge in [-0.2, -0.15) is 5.26 Å². The average Bonchev–Trinajstić information content (AvgIpc) is 3.12. The average molecular weight is 461 g/mol. The number of nitriles is 1. The predicted molar refractivity (Wildman–Crippen MR) is 123 cm³/mol. The van der Waals surface area contributed by atoms with Gasteiger partial charge in [-0.3, -0.25) is 14.5 Å². The van der Waals surface area contributed by atoms with E-state index in [1.54, 1.807) is 0 Å². The van der Waals surface area contributed by atoms with E-state index < -0.39 is 22.8 Å². The maximum absolute atomic E-state index is 13.5. The topological polar surface area (TPSA) is 73.2 Å². The number of hydrogen-bond donors (Lipinski definition) is 1. The second-order valence-corrected chi connectivity index (χ2v) is 8.39. The summed E-state index contributed by atoms with van der Waals surface area (Å²) in [6, 6.07) is 21.7. The summed E-state index contributed by atoms with van der Waals surface area (Å²) in [5.74, 6) is -1.98. The predicted octanol–water partition coefficient (Wildman–Crippen LogP) is 5.03. The van der Waals surface area contributed by atoms with Crippen LogP contribution < -0.4 is 10.2 Å². The summed E-state index contributed by atoms with van der Waals surface area (Å²) in [6.45, 7) is 0. The number of hydrogen-bond acceptors (Lipinski definition) is 4. The van der Waals surface area contributed by atoms with E-state index in [-0.39, 0.29) is 16.5 Å². The highest BCUT2D eigenvalue weighted by Gasteiger charge is 2.40. The highest BCUT2D eigenvalue weighted by atomic mass is 32.2. The van der Waals surface area contributed by atoms with Crippen LogP contribution in [0.2, 0.25) is 0 Å². The summed E-state index contributed by atoms with van der Waals surface area (Å²) in [7, 11) is 0. The van der Waals surface area contributed by atoms with E-state index >= 15 is 0 Å². The van der Waals surface area contributed by atoms with E-state index in [1.807, 2.05) is 36.4 Å². The number of anilines is 2. The van der Waals surface area contributed by atoms with Crippen LogP contribution in [0.25, 0.3) is 0 Å². The van der Waals surface area contributed by atoms with E-state index in [1.165, 1.54) is 53.4 Å². The number of amides is 2. The Morgan fingerprint density at radius 2 is 1.58 bits per heavy atom. The number of thioether (sulfide) groups is 1. The second-order valence-electron chi connectivity index (χ2n) is 7.20. The van der Waals surface area contributed by atoms with Crippen LogP contribution in [0.1, 0.15) is 5.56 Å². The lowest BCUT2D eigenvalue weighted by atomic mass is 10.1. The minimum Gasteiger partial charge on any atom is -0.321 e. The molecule has 1 aliphatic heterocycles. The molecule has 8 heteroatoms. The van der Waals surface area contributed by atoms with Crippen molar-refractivity contribution in [2.24, 2.45) is 0 Å². The summed E-state index contributed by atoms with van der Waals surface area (Å²) in [5.41, 5.74) is 1.32. The highest BCUT2D eigenvalue weighted by molar-refractivity contribution is 8.05. The maximum atomic E-state index is 13.5. The van der Waals surface area contributed by atoms with Crippen molar-refractivity contribution in [1.82, 2.24) is 0 Å². The molecule has 33 heavy (non-hydrogen) atoms. The zero-order valence-corrected chi connectivity index (χ0v) is 18.0. The van der Waals surface area contributed by atoms with Crippen LogP contribution in [0.15, 0.2) is 89.5 Å². The summed E-state index contributed by atoms with van der Waals surface area (Å²) in [6.07, 6.45) is 0.393. The molecule has 3 aromatic carbocycles. The Morgan fingerprint density at radius 3 is 2.18 bits per heavy atom. The fraction of sp³-hybridized carbons (Fsp3) is 0.0800. The molecule has 1 N–H and O–H groups in total. The van der Waals surface area contributed by atoms with Crippen LogP contribution in [-0.4, -0.2) is 17.1 Å². The van der Waals surface area contributed by atoms with E-state index in [2.05, 4.69) is 5.32 Å². The molecule has 1 atom stereocenters. The third-order valence-electron chi connectivity index (χ3n) is 4.96. The molecular weight excluding hydrogens is 444 g/mol. The smallest absolute Gasteiger partial charge is 0.269 e. The third-order valence-corrected chi connectivity index (χ3v) is 6.22. The standard InChI is InChI=1S/C25H17F2N3O2S/c26-17-6-10-19(11-7-17)29-23(31)21(15-28)25-30(20-12-8-18(27)9-13-20)24(32)22(33-25)14-16-4-2-1-3-5-16/h1-13,22H,14H2,(H,29,31)/b25-21+. The van der Waals surface area contributed by atoms with Gasteiger partial charge in [0.1, 0.15) is 28.3 Å². The Kier molecular flexibility index (Phi) is 6.52. The molecule has 2 amide bonds. The van der Waals surface area contributed by atoms with Crippen molar-refractivity contribution in [3.8, 4) is 6.07 Å². The van der Waals surface area contributed by atoms with Gasteiger partial charge in [0.2, 0.25) is 5.91 Å². The zero-order chi connectivity index (χ0) is 23.4. The lowest BCUT2D eigenvalue weighted by molar-refractivity contribution is -0.117. The van der Waals surface area contributed by atoms with Crippen molar-refractivity contribution < 1.29 is 18.4 Å². The maximum Gasteiger partial charge on any atom is 0.269 e. The lowest BCUT2D eigenvalue weighted by Crippen LogP contribution is -2.30. The quantitative estimate of drug-likeness (QED) is 0.427. The first-order chi connectivity index (χ1) is 16.0. The Morgan fingerprint density at radius 1 is 0.970 bits per heavy atom. The lowest BCUT2D eigenvalue weighted by Gasteiger charge is -2.18. The number of nitrogens with zero attached hydrogens (tertiary/aromatic N) is 2. The molecule has 0 spiro atoms. The van der Waals surface area contributed by atoms with Crippen molar-refractivity contribution in [2.45, 2.75) is 11.7 Å². The number of halogens is 2. The van der Waals surface area contributed by atoms with E-state index in [9.17, 15) is 23.6 Å². The van der Waals surface area contributed by atoms with Crippen molar-refractivity contribution in [3.05, 3.63) is 107 Å². The van der Waals surface area contributed by atoms with Gasteiger partial charge in [-0.05, 0) is 60.5 Å². The molecule has 0 bridgehead atoms. The van der Waals surface area contributed by atoms with Crippen LogP contribution in [0.4, 0.5) is 20.2 Å². The van der Waals surface area contributed by atoms with Crippen molar-refractivity contribution in [1.29, 1.82) is 5.26 Å². The zero-order valence-electron chi connectivity index (χ0n) is 17.2. The molecule has 1 fully saturated rings. The molecule has 0 saturated carbocycles. The summed E-state index contributed by atoms with van der Waals surface area (Å²) < 4.78 is 26.7. The third kappa shape index (κ3) is 4.94. The van der Waals surface area contributed by atoms with Gasteiger partial charge < -0.3 is 5.32 Å². The van der Waals surface area contributed by atoms with Crippen molar-refractivity contribution in [3.63, 3.8) is 0 Å². The highest BCUT2D eigenvalue weighted by Crippen LogP contribution is 2.42. The van der Waals surface area contributed by atoms with Crippen LogP contribution >= 0.6 is 11.8 Å². The second kappa shape index (κ2) is 9.67. The molecule has 1 unspecified atom stereocenters. The first-order valence-electron chi connectivity index (χ1n) is 9.97. The number of benzene rings is 3. The largest absolute Gasteiger partial charge is 0.321 e. The molecule has 5 nitrogen and oxygen atoms in total. The van der Waals surface area contributed by atoms with Gasteiger partial charge in [0.15, 0.2) is 0 Å². The van der Waals surface area contributed by atoms with Gasteiger partial charge in [0.25, 0.3) is 5.91 Å². The Balaban J connectivity index is 1.72. The number of nitrogens with one attached hydrogen (secondary N) is 1. The Hall–Kier alpha value is -3.96. The van der Waals surface area contributed by atoms with Crippen LogP contribution in [0.3, 0.4) is 0 Å². The van der Waals surface area contributed by atoms with Crippen molar-refractivity contribution >= 4 is 35.0 Å². The molecule has 0 aliphatic carbocycles. The van der Waals surface area contributed by atoms with Crippen molar-refractivity contribution in [2.75, 3.05) is 10.2 Å². The normalized spacial score (nSPS) is 16.9. The number of carbonyl (C=O) groups excluding carboxylic acids is 2. The van der Waals surface area contributed by atoms with Gasteiger partial charge in [0.05, 0.1) is 5.25 Å². The van der Waals surface area contributed by atoms with Gasteiger partial charge in [-0.25, -0.2) is 8.78 Å². The Labute approximate surface area is 193 Å². The first kappa shape index (κ1) is 22.2. The molecule has 1 heterocycles. The van der Waals surface area contributed by atoms with E-state index in [0.29, 0.717) is 17.8 Å². The first-order valence-corrected chi connectivity index (χ1v) is 10.9. The van der Waals surface area contributed by atoms with Gasteiger partial charge in [-0.1, -0.05) is 42.1 Å². The summed E-state index contributed by atoms with van der Waals surface area (Å²) in [5, 5.41) is 12.0. The molecule has 1 aliphatic rings. The molecule has 0 radical (unpaired) electrons. The number of rotatable bonds is 5. The van der Waals surface area contributed by atoms with Gasteiger partial charge in [0, 0.05) is 11.4 Å².